The van der Waals surface area contributed by atoms with Crippen molar-refractivity contribution in [2.45, 2.75) is 82.7 Å². The summed E-state index contributed by atoms with van der Waals surface area (Å²) in [6.45, 7) is 9.56. The number of aliphatic imine (C=N–C) groups is 2. The highest BCUT2D eigenvalue weighted by molar-refractivity contribution is 6.07. The maximum Gasteiger partial charge on any atom is 0.341 e. The van der Waals surface area contributed by atoms with Crippen LogP contribution in [-0.2, 0) is 23.8 Å². The summed E-state index contributed by atoms with van der Waals surface area (Å²) < 4.78 is 17.9. The number of amidine groups is 1. The first-order valence-electron chi connectivity index (χ1n) is 19.8. The van der Waals surface area contributed by atoms with Crippen LogP contribution in [0.5, 0.6) is 0 Å². The molecule has 4 aliphatic heterocycles. The Morgan fingerprint density at radius 1 is 1.16 bits per heavy atom. The van der Waals surface area contributed by atoms with Gasteiger partial charge in [-0.05, 0) is 74.1 Å². The fourth-order valence-electron chi connectivity index (χ4n) is 9.99. The van der Waals surface area contributed by atoms with Crippen LogP contribution in [0, 0.1) is 22.7 Å². The first-order chi connectivity index (χ1) is 27.0. The number of nitrogens with one attached hydrogen (secondary N) is 2. The van der Waals surface area contributed by atoms with Crippen LogP contribution < -0.4 is 15.5 Å². The number of allylic oxidation sites excluding steroid dienone is 1. The first-order valence-corrected chi connectivity index (χ1v) is 19.8. The lowest BCUT2D eigenvalue weighted by Gasteiger charge is -2.63. The van der Waals surface area contributed by atoms with E-state index in [2.05, 4.69) is 47.4 Å². The van der Waals surface area contributed by atoms with Gasteiger partial charge in [-0.25, -0.2) is 24.7 Å². The molecule has 298 valence electrons. The van der Waals surface area contributed by atoms with Crippen LogP contribution in [0.1, 0.15) is 58.4 Å². The van der Waals surface area contributed by atoms with Crippen LogP contribution >= 0.6 is 0 Å². The molecular weight excluding hydrogens is 716 g/mol. The molecule has 6 unspecified atom stereocenters. The summed E-state index contributed by atoms with van der Waals surface area (Å²) in [5.74, 6) is 1.34. The number of aliphatic hydroxyl groups excluding tert-OH is 2. The molecule has 9 atom stereocenters. The highest BCUT2D eigenvalue weighted by Gasteiger charge is 2.71. The number of hydrogen-bond acceptors (Lipinski definition) is 15. The van der Waals surface area contributed by atoms with Crippen LogP contribution in [0.2, 0.25) is 0 Å². The average molecular weight is 769 g/mol. The largest absolute Gasteiger partial charge is 0.423 e. The van der Waals surface area contributed by atoms with Gasteiger partial charge in [-0.2, -0.15) is 0 Å². The molecule has 2 aliphatic carbocycles. The molecule has 6 heterocycles. The summed E-state index contributed by atoms with van der Waals surface area (Å²) in [6.07, 6.45) is 12.1. The number of anilines is 2. The SMILES string of the molecule is CC(NC1CC2[C@](C)(CC[C@@H](O)[C@@]2(C)CO)C(CC(Nc2ccccn2)C2=C/C(=C\c3cnc(N4CCOCC4)nc3)OC2=O)C12CO2)C(=O)CC1=NCC=N1. The lowest BCUT2D eigenvalue weighted by molar-refractivity contribution is -0.184. The number of rotatable bonds is 13. The van der Waals surface area contributed by atoms with Crippen molar-refractivity contribution in [1.82, 2.24) is 20.3 Å². The Kier molecular flexibility index (Phi) is 10.6. The van der Waals surface area contributed by atoms with Gasteiger partial charge in [-0.3, -0.25) is 9.79 Å². The number of epoxide rings is 1. The number of carbonyl (C=O) groups excluding carboxylic acids is 2. The lowest BCUT2D eigenvalue weighted by Crippen LogP contribution is -2.67. The van der Waals surface area contributed by atoms with Crippen molar-refractivity contribution < 1.29 is 34.0 Å². The van der Waals surface area contributed by atoms with E-state index in [1.54, 1.807) is 37.0 Å². The van der Waals surface area contributed by atoms with Gasteiger partial charge < -0.3 is 40.0 Å². The average Bonchev–Trinajstić information content (AvgIpc) is 3.66. The van der Waals surface area contributed by atoms with E-state index < -0.39 is 40.6 Å². The van der Waals surface area contributed by atoms with Crippen LogP contribution in [-0.4, -0.2) is 125 Å². The zero-order valence-corrected chi connectivity index (χ0v) is 32.3. The van der Waals surface area contributed by atoms with Crippen molar-refractivity contribution in [3.8, 4) is 0 Å². The van der Waals surface area contributed by atoms with Gasteiger partial charge in [0.1, 0.15) is 23.0 Å². The number of fused-ring (bicyclic) bond motifs is 1. The van der Waals surface area contributed by atoms with Crippen molar-refractivity contribution in [2.75, 3.05) is 56.3 Å². The Balaban J connectivity index is 1.12. The van der Waals surface area contributed by atoms with Gasteiger partial charge in [0.15, 0.2) is 5.78 Å². The third-order valence-electron chi connectivity index (χ3n) is 13.3. The minimum absolute atomic E-state index is 0.0221. The molecule has 4 fully saturated rings. The number of pyridine rings is 1. The molecule has 4 N–H and O–H groups in total. The Morgan fingerprint density at radius 2 is 1.95 bits per heavy atom. The number of nitrogens with zero attached hydrogens (tertiary/aromatic N) is 6. The van der Waals surface area contributed by atoms with Crippen LogP contribution in [0.3, 0.4) is 0 Å². The Labute approximate surface area is 326 Å². The van der Waals surface area contributed by atoms with Gasteiger partial charge in [0.05, 0.1) is 63.2 Å². The zero-order valence-electron chi connectivity index (χ0n) is 32.3. The lowest BCUT2D eigenvalue weighted by atomic mass is 9.43. The molecule has 2 aromatic heterocycles. The van der Waals surface area contributed by atoms with E-state index in [0.717, 1.165) is 13.1 Å². The second kappa shape index (κ2) is 15.5. The zero-order chi connectivity index (χ0) is 39.1. The molecule has 15 nitrogen and oxygen atoms in total. The van der Waals surface area contributed by atoms with Gasteiger partial charge >= 0.3 is 5.97 Å². The highest BCUT2D eigenvalue weighted by atomic mass is 16.6. The van der Waals surface area contributed by atoms with Crippen molar-refractivity contribution in [1.29, 1.82) is 0 Å². The maximum absolute atomic E-state index is 13.9. The molecule has 2 aromatic rings. The molecule has 0 bridgehead atoms. The third-order valence-corrected chi connectivity index (χ3v) is 13.3. The predicted octanol–water partition coefficient (Wildman–Crippen LogP) is 2.76. The minimum atomic E-state index is -0.799. The monoisotopic (exact) mass is 768 g/mol. The van der Waals surface area contributed by atoms with Crippen molar-refractivity contribution in [2.24, 2.45) is 32.7 Å². The number of hydrogen-bond donors (Lipinski definition) is 4. The number of Topliss-reactive ketones (excluding diaryl/α,β-unsaturated/α-hetero) is 1. The predicted molar refractivity (Wildman–Crippen MR) is 209 cm³/mol. The van der Waals surface area contributed by atoms with Crippen LogP contribution in [0.15, 0.2) is 64.2 Å². The number of ketones is 1. The van der Waals surface area contributed by atoms with E-state index in [9.17, 15) is 19.8 Å². The topological polar surface area (TPSA) is 196 Å². The van der Waals surface area contributed by atoms with E-state index >= 15 is 0 Å². The minimum Gasteiger partial charge on any atom is -0.423 e. The summed E-state index contributed by atoms with van der Waals surface area (Å²) in [6, 6.07) is 4.25. The summed E-state index contributed by atoms with van der Waals surface area (Å²) in [5.41, 5.74) is -0.726. The summed E-state index contributed by atoms with van der Waals surface area (Å²) in [4.78, 5) is 51.6. The molecule has 6 aliphatic rings. The Hall–Kier alpha value is -4.41. The van der Waals surface area contributed by atoms with E-state index in [1.165, 1.54) is 0 Å². The molecule has 8 rings (SSSR count). The summed E-state index contributed by atoms with van der Waals surface area (Å²) >= 11 is 0. The third kappa shape index (κ3) is 7.31. The second-order valence-electron chi connectivity index (χ2n) is 16.6. The second-order valence-corrected chi connectivity index (χ2v) is 16.6. The highest BCUT2D eigenvalue weighted by Crippen LogP contribution is 2.66. The molecule has 0 aromatic carbocycles. The van der Waals surface area contributed by atoms with Gasteiger partial charge in [-0.1, -0.05) is 19.9 Å². The van der Waals surface area contributed by atoms with E-state index in [1.807, 2.05) is 32.0 Å². The number of esters is 1. The smallest absolute Gasteiger partial charge is 0.341 e. The molecule has 56 heavy (non-hydrogen) atoms. The number of carbonyl (C=O) groups is 2. The molecular formula is C41H52N8O7. The first kappa shape index (κ1) is 38.5. The van der Waals surface area contributed by atoms with E-state index in [0.29, 0.717) is 86.5 Å². The number of aromatic nitrogens is 3. The van der Waals surface area contributed by atoms with Crippen LogP contribution in [0.4, 0.5) is 11.8 Å². The van der Waals surface area contributed by atoms with Gasteiger partial charge in [-0.15, -0.1) is 0 Å². The Bertz CT molecular complexity index is 1910. The van der Waals surface area contributed by atoms with E-state index in [4.69, 9.17) is 14.2 Å². The van der Waals surface area contributed by atoms with Gasteiger partial charge in [0.2, 0.25) is 5.95 Å². The molecule has 15 heteroatoms. The molecule has 0 radical (unpaired) electrons. The normalized spacial score (nSPS) is 34.1. The quantitative estimate of drug-likeness (QED) is 0.172. The maximum atomic E-state index is 13.9. The fraction of sp³-hybridized carbons (Fsp3) is 0.585. The van der Waals surface area contributed by atoms with Crippen molar-refractivity contribution >= 4 is 41.6 Å². The Morgan fingerprint density at radius 3 is 2.62 bits per heavy atom. The molecule has 2 saturated carbocycles. The summed E-state index contributed by atoms with van der Waals surface area (Å²) in [5, 5.41) is 29.6. The number of morpholine rings is 1. The van der Waals surface area contributed by atoms with Gasteiger partial charge in [0.25, 0.3) is 0 Å². The molecule has 0 amide bonds. The fourth-order valence-corrected chi connectivity index (χ4v) is 9.99. The van der Waals surface area contributed by atoms with Crippen molar-refractivity contribution in [3.05, 3.63) is 59.8 Å². The van der Waals surface area contributed by atoms with Gasteiger partial charge in [0, 0.05) is 54.9 Å². The molecule has 1 spiro atoms. The van der Waals surface area contributed by atoms with E-state index in [-0.39, 0.29) is 36.7 Å². The van der Waals surface area contributed by atoms with Crippen LogP contribution in [0.25, 0.3) is 6.08 Å². The number of ether oxygens (including phenoxy) is 3. The van der Waals surface area contributed by atoms with Crippen molar-refractivity contribution in [3.63, 3.8) is 0 Å². The number of cyclic esters (lactones) is 1. The summed E-state index contributed by atoms with van der Waals surface area (Å²) in [7, 11) is 0. The standard InChI is InChI=1S/C41H52N8O7/c1-25(30(51)19-36-43-10-11-44-36)47-33-20-31-39(2,8-7-34(52)40(31,3)23-50)32(41(33)24-55-41)18-29(48-35-6-4-5-9-42-35)28-17-27(56-37(28)53)16-26-21-45-38(46-22-26)49-12-14-54-15-13-49/h4-6,9-10,16-17,21-22,25,29,31-34,47,50,52H,7-8,11-15,18-20,23-24H2,1-3H3,(H,42,48)/b27-16+/t25?,29?,31?,32?,33?,34-,39+,40+,41?/m1/s1. The molecule has 2 saturated heterocycles. The number of aliphatic hydroxyl groups is 2.